The first-order valence-corrected chi connectivity index (χ1v) is 10.1. The summed E-state index contributed by atoms with van der Waals surface area (Å²) >= 11 is 5.59. The highest BCUT2D eigenvalue weighted by Crippen LogP contribution is 2.29. The molecule has 1 fully saturated rings. The summed E-state index contributed by atoms with van der Waals surface area (Å²) in [5.74, 6) is 3.31. The van der Waals surface area contributed by atoms with Crippen molar-refractivity contribution in [1.29, 1.82) is 0 Å². The Hall–Kier alpha value is 0.330. The fraction of sp³-hybridized carbons (Fsp3) is 0.714. The van der Waals surface area contributed by atoms with E-state index in [9.17, 15) is 0 Å². The zero-order valence-corrected chi connectivity index (χ0v) is 18.2. The molecule has 0 unspecified atom stereocenters. The molecule has 4 nitrogen and oxygen atoms in total. The summed E-state index contributed by atoms with van der Waals surface area (Å²) in [4.78, 5) is 11.1. The lowest BCUT2D eigenvalue weighted by Gasteiger charge is -2.39. The van der Waals surface area contributed by atoms with Crippen LogP contribution >= 0.6 is 58.8 Å². The van der Waals surface area contributed by atoms with Crippen LogP contribution in [0.15, 0.2) is 20.9 Å². The third-order valence-corrected chi connectivity index (χ3v) is 6.53. The minimum Gasteiger partial charge on any atom is -0.356 e. The molecular formula is C14H25IN4S3. The average Bonchev–Trinajstić information content (AvgIpc) is 2.95. The van der Waals surface area contributed by atoms with Crippen LogP contribution in [0, 0.1) is 0 Å². The Kier molecular flexibility index (Phi) is 9.49. The van der Waals surface area contributed by atoms with Crippen molar-refractivity contribution in [3.63, 3.8) is 0 Å². The first kappa shape index (κ1) is 20.4. The predicted octanol–water partition coefficient (Wildman–Crippen LogP) is 3.65. The number of hydrogen-bond acceptors (Lipinski definition) is 5. The fourth-order valence-corrected chi connectivity index (χ4v) is 5.00. The van der Waals surface area contributed by atoms with Crippen LogP contribution in [0.4, 0.5) is 0 Å². The van der Waals surface area contributed by atoms with Crippen LogP contribution in [-0.2, 0) is 0 Å². The Morgan fingerprint density at radius 1 is 1.55 bits per heavy atom. The summed E-state index contributed by atoms with van der Waals surface area (Å²) in [6, 6.07) is 0. The normalized spacial score (nSPS) is 18.0. The molecule has 0 spiro atoms. The number of thiazole rings is 1. The van der Waals surface area contributed by atoms with E-state index in [1.165, 1.54) is 5.75 Å². The molecule has 8 heteroatoms. The van der Waals surface area contributed by atoms with Crippen LogP contribution in [0.25, 0.3) is 0 Å². The molecule has 1 aromatic heterocycles. The second-order valence-corrected chi connectivity index (χ2v) is 9.54. The number of aromatic nitrogens is 1. The fourth-order valence-electron chi connectivity index (χ4n) is 2.24. The lowest BCUT2D eigenvalue weighted by molar-refractivity contribution is 0.376. The molecule has 0 aromatic carbocycles. The van der Waals surface area contributed by atoms with Crippen molar-refractivity contribution in [2.24, 2.45) is 4.99 Å². The summed E-state index contributed by atoms with van der Waals surface area (Å²) in [6.45, 7) is 7.73. The van der Waals surface area contributed by atoms with Gasteiger partial charge in [0.15, 0.2) is 5.96 Å². The Morgan fingerprint density at radius 3 is 3.00 bits per heavy atom. The largest absolute Gasteiger partial charge is 0.356 e. The van der Waals surface area contributed by atoms with Crippen molar-refractivity contribution >= 4 is 64.8 Å². The quantitative estimate of drug-likeness (QED) is 0.233. The third kappa shape index (κ3) is 6.84. The van der Waals surface area contributed by atoms with Gasteiger partial charge in [0.05, 0.1) is 0 Å². The van der Waals surface area contributed by atoms with Crippen LogP contribution in [0.5, 0.6) is 0 Å². The van der Waals surface area contributed by atoms with E-state index in [1.807, 2.05) is 42.1 Å². The van der Waals surface area contributed by atoms with Gasteiger partial charge in [-0.3, -0.25) is 4.99 Å². The van der Waals surface area contributed by atoms with Gasteiger partial charge >= 0.3 is 0 Å². The first-order chi connectivity index (χ1) is 10.1. The van der Waals surface area contributed by atoms with Crippen molar-refractivity contribution in [3.05, 3.63) is 11.6 Å². The molecule has 0 aliphatic carbocycles. The molecule has 1 aliphatic heterocycles. The summed E-state index contributed by atoms with van der Waals surface area (Å²) in [7, 11) is 1.88. The number of halogens is 1. The van der Waals surface area contributed by atoms with Gasteiger partial charge in [-0.25, -0.2) is 4.98 Å². The van der Waals surface area contributed by atoms with E-state index in [4.69, 9.17) is 0 Å². The molecule has 2 heterocycles. The van der Waals surface area contributed by atoms with E-state index < -0.39 is 0 Å². The molecule has 2 rings (SSSR count). The van der Waals surface area contributed by atoms with Gasteiger partial charge in [-0.15, -0.1) is 35.3 Å². The second kappa shape index (κ2) is 10.2. The van der Waals surface area contributed by atoms with Gasteiger partial charge in [-0.05, 0) is 20.3 Å². The highest BCUT2D eigenvalue weighted by molar-refractivity contribution is 14.0. The van der Waals surface area contributed by atoms with Crippen LogP contribution in [-0.4, -0.2) is 58.8 Å². The van der Waals surface area contributed by atoms with Crippen LogP contribution in [0.3, 0.4) is 0 Å². The van der Waals surface area contributed by atoms with Crippen LogP contribution in [0.1, 0.15) is 20.3 Å². The third-order valence-electron chi connectivity index (χ3n) is 3.18. The van der Waals surface area contributed by atoms with E-state index in [-0.39, 0.29) is 24.0 Å². The van der Waals surface area contributed by atoms with E-state index >= 15 is 0 Å². The number of rotatable bonds is 5. The minimum absolute atomic E-state index is 0. The van der Waals surface area contributed by atoms with E-state index in [2.05, 4.69) is 34.0 Å². The molecule has 1 aromatic rings. The summed E-state index contributed by atoms with van der Waals surface area (Å²) in [5.41, 5.74) is 0. The topological polar surface area (TPSA) is 40.5 Å². The SMILES string of the molecule is CN=C(NCCCSc1nccs1)N1CCSC(C)(C)C1.I. The zero-order chi connectivity index (χ0) is 15.1. The van der Waals surface area contributed by atoms with Gasteiger partial charge in [0.1, 0.15) is 4.34 Å². The van der Waals surface area contributed by atoms with Crippen molar-refractivity contribution < 1.29 is 0 Å². The van der Waals surface area contributed by atoms with Crippen LogP contribution < -0.4 is 5.32 Å². The Morgan fingerprint density at radius 2 is 2.36 bits per heavy atom. The summed E-state index contributed by atoms with van der Waals surface area (Å²) in [5, 5.41) is 5.52. The molecule has 1 aliphatic rings. The standard InChI is InChI=1S/C14H24N4S3.HI/c1-14(2)11-18(7-10-21-14)12(15-3)16-5-4-8-19-13-17-6-9-20-13;/h6,9H,4-5,7-8,10-11H2,1-3H3,(H,15,16);1H. The van der Waals surface area contributed by atoms with Crippen molar-refractivity contribution in [2.75, 3.05) is 38.2 Å². The number of hydrogen-bond donors (Lipinski definition) is 1. The first-order valence-electron chi connectivity index (χ1n) is 7.22. The van der Waals surface area contributed by atoms with Gasteiger partial charge < -0.3 is 10.2 Å². The number of nitrogens with one attached hydrogen (secondary N) is 1. The lowest BCUT2D eigenvalue weighted by Crippen LogP contribution is -2.51. The second-order valence-electron chi connectivity index (χ2n) is 5.50. The molecule has 0 saturated carbocycles. The average molecular weight is 472 g/mol. The van der Waals surface area contributed by atoms with Crippen molar-refractivity contribution in [2.45, 2.75) is 29.4 Å². The van der Waals surface area contributed by atoms with E-state index in [0.29, 0.717) is 4.75 Å². The molecule has 0 atom stereocenters. The lowest BCUT2D eigenvalue weighted by atomic mass is 10.2. The van der Waals surface area contributed by atoms with Crippen LogP contribution in [0.2, 0.25) is 0 Å². The smallest absolute Gasteiger partial charge is 0.193 e. The molecule has 0 radical (unpaired) electrons. The number of thioether (sulfide) groups is 2. The molecular weight excluding hydrogens is 447 g/mol. The van der Waals surface area contributed by atoms with Gasteiger partial charge in [0.25, 0.3) is 0 Å². The molecule has 126 valence electrons. The predicted molar refractivity (Wildman–Crippen MR) is 112 cm³/mol. The zero-order valence-electron chi connectivity index (χ0n) is 13.4. The summed E-state index contributed by atoms with van der Waals surface area (Å²) in [6.07, 6.45) is 2.98. The number of aliphatic imine (C=N–C) groups is 1. The molecule has 0 amide bonds. The maximum absolute atomic E-state index is 4.43. The number of guanidine groups is 1. The van der Waals surface area contributed by atoms with Crippen molar-refractivity contribution in [3.8, 4) is 0 Å². The molecule has 22 heavy (non-hydrogen) atoms. The molecule has 1 N–H and O–H groups in total. The van der Waals surface area contributed by atoms with Gasteiger partial charge in [-0.1, -0.05) is 11.8 Å². The number of nitrogens with zero attached hydrogens (tertiary/aromatic N) is 3. The van der Waals surface area contributed by atoms with Gasteiger partial charge in [-0.2, -0.15) is 11.8 Å². The Balaban J connectivity index is 0.00000242. The minimum atomic E-state index is 0. The molecule has 1 saturated heterocycles. The monoisotopic (exact) mass is 472 g/mol. The highest BCUT2D eigenvalue weighted by Gasteiger charge is 2.28. The van der Waals surface area contributed by atoms with Gasteiger partial charge in [0, 0.05) is 54.5 Å². The van der Waals surface area contributed by atoms with E-state index in [0.717, 1.165) is 42.1 Å². The maximum Gasteiger partial charge on any atom is 0.193 e. The van der Waals surface area contributed by atoms with Crippen molar-refractivity contribution in [1.82, 2.24) is 15.2 Å². The summed E-state index contributed by atoms with van der Waals surface area (Å²) < 4.78 is 1.48. The highest BCUT2D eigenvalue weighted by atomic mass is 127. The maximum atomic E-state index is 4.43. The Bertz CT molecular complexity index is 451. The van der Waals surface area contributed by atoms with E-state index in [1.54, 1.807) is 11.3 Å². The Labute approximate surface area is 163 Å². The molecule has 0 bridgehead atoms. The van der Waals surface area contributed by atoms with Gasteiger partial charge in [0.2, 0.25) is 0 Å².